The highest BCUT2D eigenvalue weighted by molar-refractivity contribution is 6.32. The second kappa shape index (κ2) is 9.48. The van der Waals surface area contributed by atoms with Gasteiger partial charge in [-0.3, -0.25) is 0 Å². The Kier molecular flexibility index (Phi) is 7.32. The number of allylic oxidation sites excluding steroid dienone is 1. The number of carbonyl (C=O) groups excluding carboxylic acids is 2. The molecule has 1 aliphatic heterocycles. The van der Waals surface area contributed by atoms with Gasteiger partial charge in [-0.2, -0.15) is 0 Å². The summed E-state index contributed by atoms with van der Waals surface area (Å²) >= 11 is 6.04. The second-order valence-electron chi connectivity index (χ2n) is 5.87. The first-order valence-corrected chi connectivity index (χ1v) is 8.86. The number of aromatic hydroxyl groups is 1. The fourth-order valence-corrected chi connectivity index (χ4v) is 2.87. The fraction of sp³-hybridized carbons (Fsp3) is 0.444. The number of nitrogens with one attached hydrogen (secondary N) is 2. The first kappa shape index (κ1) is 20.9. The quantitative estimate of drug-likeness (QED) is 0.459. The molecule has 0 unspecified atom stereocenters. The van der Waals surface area contributed by atoms with Crippen molar-refractivity contribution in [2.24, 2.45) is 0 Å². The maximum atomic E-state index is 12.6. The van der Waals surface area contributed by atoms with Crippen LogP contribution >= 0.6 is 11.6 Å². The van der Waals surface area contributed by atoms with Crippen molar-refractivity contribution in [3.05, 3.63) is 34.0 Å². The summed E-state index contributed by atoms with van der Waals surface area (Å²) in [6, 6.07) is 1.68. The van der Waals surface area contributed by atoms with E-state index in [9.17, 15) is 14.7 Å². The van der Waals surface area contributed by atoms with E-state index >= 15 is 0 Å². The van der Waals surface area contributed by atoms with Gasteiger partial charge in [0.05, 0.1) is 30.4 Å². The minimum Gasteiger partial charge on any atom is -0.503 e. The Morgan fingerprint density at radius 3 is 2.70 bits per heavy atom. The molecular weight excluding hydrogens is 376 g/mol. The van der Waals surface area contributed by atoms with Crippen LogP contribution in [0.15, 0.2) is 23.4 Å². The zero-order valence-corrected chi connectivity index (χ0v) is 16.2. The minimum atomic E-state index is -0.810. The van der Waals surface area contributed by atoms with E-state index in [4.69, 9.17) is 25.8 Å². The van der Waals surface area contributed by atoms with E-state index in [0.717, 1.165) is 6.42 Å². The predicted octanol–water partition coefficient (Wildman–Crippen LogP) is 2.65. The number of hydrogen-bond donors (Lipinski definition) is 3. The van der Waals surface area contributed by atoms with Crippen molar-refractivity contribution in [2.75, 3.05) is 26.9 Å². The van der Waals surface area contributed by atoms with E-state index < -0.39 is 18.0 Å². The van der Waals surface area contributed by atoms with Crippen LogP contribution in [-0.2, 0) is 14.3 Å². The molecule has 0 aromatic heterocycles. The molecule has 2 amide bonds. The number of phenols is 1. The van der Waals surface area contributed by atoms with Gasteiger partial charge in [-0.05, 0) is 31.0 Å². The molecule has 0 saturated carbocycles. The van der Waals surface area contributed by atoms with Crippen LogP contribution in [0.3, 0.4) is 0 Å². The number of hydrogen-bond acceptors (Lipinski definition) is 6. The van der Waals surface area contributed by atoms with Crippen LogP contribution in [0.25, 0.3) is 0 Å². The molecule has 0 bridgehead atoms. The van der Waals surface area contributed by atoms with E-state index in [1.54, 1.807) is 6.92 Å². The highest BCUT2D eigenvalue weighted by Crippen LogP contribution is 2.39. The van der Waals surface area contributed by atoms with Gasteiger partial charge in [0.15, 0.2) is 11.5 Å². The minimum absolute atomic E-state index is 0.0375. The molecule has 0 spiro atoms. The number of urea groups is 1. The number of phenolic OH excluding ortho intramolecular Hbond substituents is 1. The standard InChI is InChI=1S/C18H23ClN2O6/c1-4-5-26-6-7-27-17(23)14-10(2)20-18(24)21-15(14)11-8-12(19)16(22)13(9-11)25-3/h8-9,15,22H,4-7H2,1-3H3,(H2,20,21,24)/t15-/m0/s1. The molecule has 27 heavy (non-hydrogen) atoms. The molecule has 8 nitrogen and oxygen atoms in total. The van der Waals surface area contributed by atoms with Crippen molar-refractivity contribution in [1.29, 1.82) is 0 Å². The number of amides is 2. The smallest absolute Gasteiger partial charge is 0.338 e. The van der Waals surface area contributed by atoms with Crippen molar-refractivity contribution in [2.45, 2.75) is 26.3 Å². The molecule has 1 aromatic rings. The van der Waals surface area contributed by atoms with Crippen molar-refractivity contribution < 1.29 is 28.9 Å². The van der Waals surface area contributed by atoms with E-state index in [1.807, 2.05) is 6.92 Å². The second-order valence-corrected chi connectivity index (χ2v) is 6.28. The molecule has 3 N–H and O–H groups in total. The maximum absolute atomic E-state index is 12.6. The Morgan fingerprint density at radius 2 is 2.04 bits per heavy atom. The number of ether oxygens (including phenoxy) is 3. The molecule has 1 aromatic carbocycles. The van der Waals surface area contributed by atoms with Gasteiger partial charge in [0.2, 0.25) is 0 Å². The van der Waals surface area contributed by atoms with Crippen LogP contribution in [0, 0.1) is 0 Å². The Morgan fingerprint density at radius 1 is 1.30 bits per heavy atom. The molecule has 1 heterocycles. The van der Waals surface area contributed by atoms with Gasteiger partial charge in [-0.25, -0.2) is 9.59 Å². The van der Waals surface area contributed by atoms with Crippen LogP contribution in [-0.4, -0.2) is 44.0 Å². The lowest BCUT2D eigenvalue weighted by atomic mass is 9.95. The molecule has 2 rings (SSSR count). The van der Waals surface area contributed by atoms with Gasteiger partial charge in [0, 0.05) is 12.3 Å². The Labute approximate surface area is 162 Å². The number of benzene rings is 1. The molecule has 0 radical (unpaired) electrons. The van der Waals surface area contributed by atoms with Crippen LogP contribution in [0.2, 0.25) is 5.02 Å². The average Bonchev–Trinajstić information content (AvgIpc) is 2.62. The van der Waals surface area contributed by atoms with E-state index in [1.165, 1.54) is 19.2 Å². The van der Waals surface area contributed by atoms with Gasteiger partial charge in [0.25, 0.3) is 0 Å². The third-order valence-corrected chi connectivity index (χ3v) is 4.19. The summed E-state index contributed by atoms with van der Waals surface area (Å²) < 4.78 is 15.7. The number of esters is 1. The number of methoxy groups -OCH3 is 1. The number of halogens is 1. The van der Waals surface area contributed by atoms with Crippen molar-refractivity contribution >= 4 is 23.6 Å². The lowest BCUT2D eigenvalue weighted by Crippen LogP contribution is -2.45. The predicted molar refractivity (Wildman–Crippen MR) is 98.8 cm³/mol. The fourth-order valence-electron chi connectivity index (χ4n) is 2.65. The topological polar surface area (TPSA) is 106 Å². The van der Waals surface area contributed by atoms with Gasteiger partial charge < -0.3 is 30.0 Å². The third-order valence-electron chi connectivity index (χ3n) is 3.90. The van der Waals surface area contributed by atoms with Crippen LogP contribution in [0.4, 0.5) is 4.79 Å². The summed E-state index contributed by atoms with van der Waals surface area (Å²) in [5, 5.41) is 15.2. The van der Waals surface area contributed by atoms with Gasteiger partial charge in [0.1, 0.15) is 6.61 Å². The van der Waals surface area contributed by atoms with E-state index in [2.05, 4.69) is 10.6 Å². The third kappa shape index (κ3) is 5.05. The summed E-state index contributed by atoms with van der Waals surface area (Å²) in [5.41, 5.74) is 1.07. The van der Waals surface area contributed by atoms with Crippen molar-refractivity contribution in [1.82, 2.24) is 10.6 Å². The summed E-state index contributed by atoms with van der Waals surface area (Å²) in [6.45, 7) is 4.56. The Bertz CT molecular complexity index is 750. The van der Waals surface area contributed by atoms with E-state index in [0.29, 0.717) is 17.9 Å². The van der Waals surface area contributed by atoms with E-state index in [-0.39, 0.29) is 35.3 Å². The summed E-state index contributed by atoms with van der Waals surface area (Å²) in [5.74, 6) is -0.682. The Hall–Kier alpha value is -2.45. The summed E-state index contributed by atoms with van der Waals surface area (Å²) in [4.78, 5) is 24.5. The molecule has 0 saturated heterocycles. The van der Waals surface area contributed by atoms with Crippen LogP contribution < -0.4 is 15.4 Å². The number of carbonyl (C=O) groups is 2. The Balaban J connectivity index is 2.28. The lowest BCUT2D eigenvalue weighted by molar-refractivity contribution is -0.141. The van der Waals surface area contributed by atoms with Crippen LogP contribution in [0.1, 0.15) is 31.9 Å². The first-order valence-electron chi connectivity index (χ1n) is 8.48. The molecular formula is C18H23ClN2O6. The van der Waals surface area contributed by atoms with Crippen LogP contribution in [0.5, 0.6) is 11.5 Å². The first-order chi connectivity index (χ1) is 12.9. The molecule has 0 aliphatic carbocycles. The SMILES string of the molecule is CCCOCCOC(=O)C1=C(C)NC(=O)N[C@H]1c1cc(Cl)c(O)c(OC)c1. The van der Waals surface area contributed by atoms with Gasteiger partial charge >= 0.3 is 12.0 Å². The summed E-state index contributed by atoms with van der Waals surface area (Å²) in [6.07, 6.45) is 0.875. The molecule has 0 fully saturated rings. The monoisotopic (exact) mass is 398 g/mol. The zero-order valence-electron chi connectivity index (χ0n) is 15.4. The molecule has 1 aliphatic rings. The lowest BCUT2D eigenvalue weighted by Gasteiger charge is -2.28. The molecule has 9 heteroatoms. The molecule has 1 atom stereocenters. The van der Waals surface area contributed by atoms with Gasteiger partial charge in [-0.15, -0.1) is 0 Å². The largest absolute Gasteiger partial charge is 0.503 e. The molecule has 148 valence electrons. The zero-order chi connectivity index (χ0) is 20.0. The highest BCUT2D eigenvalue weighted by Gasteiger charge is 2.33. The normalized spacial score (nSPS) is 16.6. The van der Waals surface area contributed by atoms with Crippen molar-refractivity contribution in [3.8, 4) is 11.5 Å². The highest BCUT2D eigenvalue weighted by atomic mass is 35.5. The van der Waals surface area contributed by atoms with Gasteiger partial charge in [-0.1, -0.05) is 18.5 Å². The maximum Gasteiger partial charge on any atom is 0.338 e. The average molecular weight is 399 g/mol. The number of rotatable bonds is 8. The van der Waals surface area contributed by atoms with Crippen molar-refractivity contribution in [3.63, 3.8) is 0 Å². The summed E-state index contributed by atoms with van der Waals surface area (Å²) in [7, 11) is 1.38.